The molecule has 3 nitrogen and oxygen atoms in total. The van der Waals surface area contributed by atoms with E-state index in [0.29, 0.717) is 29.1 Å². The fourth-order valence-electron chi connectivity index (χ4n) is 1.79. The van der Waals surface area contributed by atoms with Gasteiger partial charge in [0.1, 0.15) is 6.61 Å². The molecule has 112 valence electrons. The van der Waals surface area contributed by atoms with Gasteiger partial charge < -0.3 is 10.1 Å². The molecule has 0 unspecified atom stereocenters. The van der Waals surface area contributed by atoms with E-state index in [1.807, 2.05) is 30.3 Å². The highest BCUT2D eigenvalue weighted by Gasteiger charge is 2.05. The Balaban J connectivity index is 1.96. The topological polar surface area (TPSA) is 34.2 Å². The number of aromatic nitrogens is 1. The van der Waals surface area contributed by atoms with Gasteiger partial charge in [0.2, 0.25) is 5.88 Å². The summed E-state index contributed by atoms with van der Waals surface area (Å²) in [5.41, 5.74) is 1.85. The molecular weight excluding hydrogens is 307 g/mol. The highest BCUT2D eigenvalue weighted by Crippen LogP contribution is 2.19. The summed E-state index contributed by atoms with van der Waals surface area (Å²) in [5.74, 6) is 0.572. The van der Waals surface area contributed by atoms with Gasteiger partial charge in [-0.1, -0.05) is 42.3 Å². The molecule has 0 aliphatic carbocycles. The quantitative estimate of drug-likeness (QED) is 0.763. The van der Waals surface area contributed by atoms with Crippen molar-refractivity contribution in [2.24, 2.45) is 0 Å². The van der Waals surface area contributed by atoms with E-state index >= 15 is 0 Å². The Morgan fingerprint density at radius 1 is 1.10 bits per heavy atom. The second kappa shape index (κ2) is 8.23. The van der Waals surface area contributed by atoms with Gasteiger partial charge in [-0.05, 0) is 36.7 Å². The Morgan fingerprint density at radius 2 is 1.86 bits per heavy atom. The van der Waals surface area contributed by atoms with Crippen LogP contribution in [0.3, 0.4) is 0 Å². The van der Waals surface area contributed by atoms with Crippen molar-refractivity contribution in [2.75, 3.05) is 6.54 Å². The normalized spacial score (nSPS) is 10.6. The van der Waals surface area contributed by atoms with Crippen LogP contribution in [0.4, 0.5) is 0 Å². The zero-order valence-corrected chi connectivity index (χ0v) is 13.4. The first-order valence-electron chi connectivity index (χ1n) is 6.92. The molecule has 5 heteroatoms. The van der Waals surface area contributed by atoms with Crippen molar-refractivity contribution in [1.29, 1.82) is 0 Å². The van der Waals surface area contributed by atoms with Crippen molar-refractivity contribution < 1.29 is 4.74 Å². The van der Waals surface area contributed by atoms with Crippen LogP contribution in [0, 0.1) is 0 Å². The van der Waals surface area contributed by atoms with E-state index in [9.17, 15) is 0 Å². The molecule has 0 spiro atoms. The molecule has 0 fully saturated rings. The molecule has 2 rings (SSSR count). The van der Waals surface area contributed by atoms with E-state index in [1.54, 1.807) is 6.07 Å². The Bertz CT molecular complexity index is 573. The third-order valence-electron chi connectivity index (χ3n) is 2.91. The standard InChI is InChI=1S/C16H18Cl2N2O/c1-2-9-19-10-15-14(18)7-8-16(20-15)21-11-12-3-5-13(17)6-4-12/h3-8,19H,2,9-11H2,1H3. The predicted octanol–water partition coefficient (Wildman–Crippen LogP) is 4.47. The molecule has 0 bridgehead atoms. The summed E-state index contributed by atoms with van der Waals surface area (Å²) in [5, 5.41) is 4.65. The number of nitrogens with zero attached hydrogens (tertiary/aromatic N) is 1. The maximum Gasteiger partial charge on any atom is 0.213 e. The first kappa shape index (κ1) is 16.1. The van der Waals surface area contributed by atoms with Crippen molar-refractivity contribution in [1.82, 2.24) is 10.3 Å². The average molecular weight is 325 g/mol. The van der Waals surface area contributed by atoms with Crippen LogP contribution in [0.25, 0.3) is 0 Å². The summed E-state index contributed by atoms with van der Waals surface area (Å²) in [6, 6.07) is 11.1. The summed E-state index contributed by atoms with van der Waals surface area (Å²) in [6.45, 7) is 4.15. The largest absolute Gasteiger partial charge is 0.473 e. The third-order valence-corrected chi connectivity index (χ3v) is 3.51. The van der Waals surface area contributed by atoms with Crippen LogP contribution in [0.5, 0.6) is 5.88 Å². The van der Waals surface area contributed by atoms with E-state index < -0.39 is 0 Å². The molecule has 1 aromatic heterocycles. The van der Waals surface area contributed by atoms with Crippen LogP contribution in [0.2, 0.25) is 10.0 Å². The first-order valence-corrected chi connectivity index (χ1v) is 7.68. The molecule has 1 heterocycles. The number of halogens is 2. The maximum absolute atomic E-state index is 6.14. The molecule has 0 atom stereocenters. The summed E-state index contributed by atoms with van der Waals surface area (Å²) in [4.78, 5) is 4.43. The zero-order chi connectivity index (χ0) is 15.1. The fraction of sp³-hybridized carbons (Fsp3) is 0.312. The molecule has 1 aromatic carbocycles. The van der Waals surface area contributed by atoms with Crippen molar-refractivity contribution in [3.63, 3.8) is 0 Å². The van der Waals surface area contributed by atoms with Crippen molar-refractivity contribution in [2.45, 2.75) is 26.5 Å². The number of hydrogen-bond donors (Lipinski definition) is 1. The van der Waals surface area contributed by atoms with E-state index in [2.05, 4.69) is 17.2 Å². The minimum Gasteiger partial charge on any atom is -0.473 e. The van der Waals surface area contributed by atoms with Crippen molar-refractivity contribution >= 4 is 23.2 Å². The van der Waals surface area contributed by atoms with Gasteiger partial charge in [-0.2, -0.15) is 0 Å². The van der Waals surface area contributed by atoms with Crippen molar-refractivity contribution in [3.8, 4) is 5.88 Å². The molecule has 0 saturated heterocycles. The van der Waals surface area contributed by atoms with Gasteiger partial charge in [0, 0.05) is 17.6 Å². The number of ether oxygens (including phenoxy) is 1. The third kappa shape index (κ3) is 5.20. The van der Waals surface area contributed by atoms with Crippen LogP contribution in [0.1, 0.15) is 24.6 Å². The molecule has 0 radical (unpaired) electrons. The minimum absolute atomic E-state index is 0.452. The lowest BCUT2D eigenvalue weighted by molar-refractivity contribution is 0.293. The lowest BCUT2D eigenvalue weighted by Gasteiger charge is -2.09. The van der Waals surface area contributed by atoms with Crippen LogP contribution in [-0.4, -0.2) is 11.5 Å². The van der Waals surface area contributed by atoms with Gasteiger partial charge in [-0.15, -0.1) is 0 Å². The van der Waals surface area contributed by atoms with Crippen LogP contribution in [0.15, 0.2) is 36.4 Å². The number of nitrogens with one attached hydrogen (secondary N) is 1. The maximum atomic E-state index is 6.14. The van der Waals surface area contributed by atoms with Gasteiger partial charge in [0.15, 0.2) is 0 Å². The highest BCUT2D eigenvalue weighted by molar-refractivity contribution is 6.31. The first-order chi connectivity index (χ1) is 10.2. The molecule has 0 aliphatic heterocycles. The van der Waals surface area contributed by atoms with Crippen LogP contribution in [-0.2, 0) is 13.2 Å². The lowest BCUT2D eigenvalue weighted by Crippen LogP contribution is -2.15. The number of rotatable bonds is 7. The average Bonchev–Trinajstić information content (AvgIpc) is 2.49. The molecule has 21 heavy (non-hydrogen) atoms. The van der Waals surface area contributed by atoms with Gasteiger partial charge in [-0.25, -0.2) is 4.98 Å². The summed E-state index contributed by atoms with van der Waals surface area (Å²) >= 11 is 12.0. The zero-order valence-electron chi connectivity index (χ0n) is 11.9. The van der Waals surface area contributed by atoms with E-state index in [1.165, 1.54) is 0 Å². The van der Waals surface area contributed by atoms with Gasteiger partial charge in [0.05, 0.1) is 10.7 Å². The second-order valence-corrected chi connectivity index (χ2v) is 5.51. The number of pyridine rings is 1. The molecular formula is C16H18Cl2N2O. The fourth-order valence-corrected chi connectivity index (χ4v) is 2.09. The lowest BCUT2D eigenvalue weighted by atomic mass is 10.2. The number of hydrogen-bond acceptors (Lipinski definition) is 3. The van der Waals surface area contributed by atoms with Crippen LogP contribution >= 0.6 is 23.2 Å². The second-order valence-electron chi connectivity index (χ2n) is 4.67. The molecule has 0 amide bonds. The molecule has 2 aromatic rings. The van der Waals surface area contributed by atoms with Gasteiger partial charge in [0.25, 0.3) is 0 Å². The smallest absolute Gasteiger partial charge is 0.213 e. The Morgan fingerprint density at radius 3 is 2.57 bits per heavy atom. The molecule has 1 N–H and O–H groups in total. The van der Waals surface area contributed by atoms with E-state index in [4.69, 9.17) is 27.9 Å². The molecule has 0 aliphatic rings. The minimum atomic E-state index is 0.452. The van der Waals surface area contributed by atoms with Gasteiger partial charge in [-0.3, -0.25) is 0 Å². The Hall–Kier alpha value is -1.29. The predicted molar refractivity (Wildman–Crippen MR) is 87.0 cm³/mol. The highest BCUT2D eigenvalue weighted by atomic mass is 35.5. The van der Waals surface area contributed by atoms with Gasteiger partial charge >= 0.3 is 0 Å². The summed E-state index contributed by atoms with van der Waals surface area (Å²) in [6.07, 6.45) is 1.07. The monoisotopic (exact) mass is 324 g/mol. The molecule has 0 saturated carbocycles. The Labute approximate surface area is 135 Å². The summed E-state index contributed by atoms with van der Waals surface area (Å²) < 4.78 is 5.69. The van der Waals surface area contributed by atoms with Crippen LogP contribution < -0.4 is 10.1 Å². The van der Waals surface area contributed by atoms with E-state index in [0.717, 1.165) is 24.2 Å². The van der Waals surface area contributed by atoms with E-state index in [-0.39, 0.29) is 0 Å². The van der Waals surface area contributed by atoms with Crippen molar-refractivity contribution in [3.05, 3.63) is 57.7 Å². The number of benzene rings is 1. The summed E-state index contributed by atoms with van der Waals surface area (Å²) in [7, 11) is 0. The Kier molecular flexibility index (Phi) is 6.30. The SMILES string of the molecule is CCCNCc1nc(OCc2ccc(Cl)cc2)ccc1Cl.